The average Bonchev–Trinajstić information content (AvgIpc) is 3.33. The molecule has 0 aromatic heterocycles. The third kappa shape index (κ3) is 4.52. The van der Waals surface area contributed by atoms with E-state index in [1.54, 1.807) is 4.90 Å². The van der Waals surface area contributed by atoms with Gasteiger partial charge < -0.3 is 4.90 Å². The van der Waals surface area contributed by atoms with E-state index >= 15 is 0 Å². The van der Waals surface area contributed by atoms with Crippen molar-refractivity contribution in [3.8, 4) is 0 Å². The van der Waals surface area contributed by atoms with Crippen LogP contribution in [-0.2, 0) is 20.2 Å². The Morgan fingerprint density at radius 2 is 1.66 bits per heavy atom. The van der Waals surface area contributed by atoms with Crippen molar-refractivity contribution >= 4 is 21.6 Å². The van der Waals surface area contributed by atoms with Crippen molar-refractivity contribution in [2.24, 2.45) is 0 Å². The Bertz CT molecular complexity index is 837. The van der Waals surface area contributed by atoms with Crippen LogP contribution in [0.1, 0.15) is 52.5 Å². The van der Waals surface area contributed by atoms with Crippen molar-refractivity contribution < 1.29 is 13.2 Å². The molecule has 1 aliphatic carbocycles. The van der Waals surface area contributed by atoms with E-state index in [0.29, 0.717) is 25.0 Å². The second-order valence-corrected chi connectivity index (χ2v) is 11.3. The molecule has 162 valence electrons. The van der Waals surface area contributed by atoms with Crippen LogP contribution in [0.15, 0.2) is 24.3 Å². The minimum absolute atomic E-state index is 0.141. The van der Waals surface area contributed by atoms with Crippen LogP contribution in [0.4, 0.5) is 5.69 Å². The topological polar surface area (TPSA) is 60.9 Å². The predicted molar refractivity (Wildman–Crippen MR) is 118 cm³/mol. The monoisotopic (exact) mass is 421 g/mol. The lowest BCUT2D eigenvalue weighted by atomic mass is 9.94. The lowest BCUT2D eigenvalue weighted by Crippen LogP contribution is -2.42. The van der Waals surface area contributed by atoms with Gasteiger partial charge in [-0.1, -0.05) is 12.1 Å². The molecule has 6 nitrogen and oxygen atoms in total. The number of sulfonamides is 1. The lowest BCUT2D eigenvalue weighted by molar-refractivity contribution is -0.120. The number of rotatable bonds is 8. The summed E-state index contributed by atoms with van der Waals surface area (Å²) in [4.78, 5) is 17.1. The van der Waals surface area contributed by atoms with Gasteiger partial charge >= 0.3 is 0 Å². The fourth-order valence-electron chi connectivity index (χ4n) is 4.48. The van der Waals surface area contributed by atoms with Crippen molar-refractivity contribution in [2.75, 3.05) is 31.3 Å². The Labute approximate surface area is 175 Å². The lowest BCUT2D eigenvalue weighted by Gasteiger charge is -2.34. The molecule has 3 rings (SSSR count). The molecule has 0 radical (unpaired) electrons. The Kier molecular flexibility index (Phi) is 6.14. The van der Waals surface area contributed by atoms with Crippen LogP contribution in [0.25, 0.3) is 0 Å². The molecule has 7 heteroatoms. The third-order valence-electron chi connectivity index (χ3n) is 6.60. The highest BCUT2D eigenvalue weighted by molar-refractivity contribution is 7.88. The molecule has 1 saturated carbocycles. The Morgan fingerprint density at radius 3 is 2.10 bits per heavy atom. The second kappa shape index (κ2) is 8.00. The van der Waals surface area contributed by atoms with E-state index in [1.807, 2.05) is 12.1 Å². The maximum atomic E-state index is 12.8. The van der Waals surface area contributed by atoms with Crippen LogP contribution >= 0.6 is 0 Å². The summed E-state index contributed by atoms with van der Waals surface area (Å²) >= 11 is 0. The van der Waals surface area contributed by atoms with Crippen molar-refractivity contribution in [2.45, 2.75) is 70.5 Å². The fourth-order valence-corrected chi connectivity index (χ4v) is 5.14. The second-order valence-electron chi connectivity index (χ2n) is 9.26. The van der Waals surface area contributed by atoms with E-state index in [0.717, 1.165) is 18.5 Å². The highest BCUT2D eigenvalue weighted by Crippen LogP contribution is 2.49. The van der Waals surface area contributed by atoms with Gasteiger partial charge in [-0.2, -0.15) is 4.31 Å². The molecule has 2 fully saturated rings. The SMILES string of the molecule is CC(C)N(CC1(c2ccc(N3CCC(N(C)S(C)(=O)=O)C3=O)cc2)CC1)C(C)C. The number of benzene rings is 1. The summed E-state index contributed by atoms with van der Waals surface area (Å²) < 4.78 is 24.8. The average molecular weight is 422 g/mol. The first kappa shape index (κ1) is 22.2. The molecule has 1 aromatic carbocycles. The smallest absolute Gasteiger partial charge is 0.245 e. The number of anilines is 1. The molecular weight excluding hydrogens is 386 g/mol. The first-order chi connectivity index (χ1) is 13.5. The molecule has 1 amide bonds. The summed E-state index contributed by atoms with van der Waals surface area (Å²) in [6.45, 7) is 10.6. The number of carbonyl (C=O) groups is 1. The van der Waals surface area contributed by atoms with Crippen molar-refractivity contribution in [3.63, 3.8) is 0 Å². The first-order valence-corrected chi connectivity index (χ1v) is 12.4. The van der Waals surface area contributed by atoms with E-state index in [9.17, 15) is 13.2 Å². The van der Waals surface area contributed by atoms with E-state index in [2.05, 4.69) is 44.7 Å². The van der Waals surface area contributed by atoms with Crippen LogP contribution in [0.3, 0.4) is 0 Å². The summed E-state index contributed by atoms with van der Waals surface area (Å²) in [7, 11) is -1.90. The number of amides is 1. The van der Waals surface area contributed by atoms with E-state index in [4.69, 9.17) is 0 Å². The van der Waals surface area contributed by atoms with E-state index in [1.165, 1.54) is 29.8 Å². The third-order valence-corrected chi connectivity index (χ3v) is 7.90. The van der Waals surface area contributed by atoms with E-state index < -0.39 is 16.1 Å². The summed E-state index contributed by atoms with van der Waals surface area (Å²) in [5.74, 6) is -0.141. The molecule has 29 heavy (non-hydrogen) atoms. The van der Waals surface area contributed by atoms with Crippen molar-refractivity contribution in [3.05, 3.63) is 29.8 Å². The highest BCUT2D eigenvalue weighted by Gasteiger charge is 2.46. The summed E-state index contributed by atoms with van der Waals surface area (Å²) in [5, 5.41) is 0. The Morgan fingerprint density at radius 1 is 1.10 bits per heavy atom. The number of hydrogen-bond acceptors (Lipinski definition) is 4. The molecule has 0 N–H and O–H groups in total. The largest absolute Gasteiger partial charge is 0.311 e. The Hall–Kier alpha value is -1.44. The van der Waals surface area contributed by atoms with Gasteiger partial charge in [0, 0.05) is 43.3 Å². The van der Waals surface area contributed by atoms with Crippen LogP contribution < -0.4 is 4.90 Å². The highest BCUT2D eigenvalue weighted by atomic mass is 32.2. The van der Waals surface area contributed by atoms with Gasteiger partial charge in [0.25, 0.3) is 0 Å². The van der Waals surface area contributed by atoms with Crippen LogP contribution in [-0.4, -0.2) is 68.0 Å². The van der Waals surface area contributed by atoms with Crippen LogP contribution in [0.2, 0.25) is 0 Å². The molecule has 0 bridgehead atoms. The van der Waals surface area contributed by atoms with Crippen LogP contribution in [0.5, 0.6) is 0 Å². The van der Waals surface area contributed by atoms with Gasteiger partial charge in [-0.15, -0.1) is 0 Å². The summed E-state index contributed by atoms with van der Waals surface area (Å²) in [6.07, 6.45) is 4.06. The maximum absolute atomic E-state index is 12.8. The molecule has 1 saturated heterocycles. The predicted octanol–water partition coefficient (Wildman–Crippen LogP) is 2.83. The van der Waals surface area contributed by atoms with Gasteiger partial charge in [-0.05, 0) is 64.7 Å². The van der Waals surface area contributed by atoms with Gasteiger partial charge in [-0.25, -0.2) is 8.42 Å². The maximum Gasteiger partial charge on any atom is 0.245 e. The normalized spacial score (nSPS) is 21.8. The first-order valence-electron chi connectivity index (χ1n) is 10.6. The molecule has 1 unspecified atom stereocenters. The fraction of sp³-hybridized carbons (Fsp3) is 0.682. The van der Waals surface area contributed by atoms with Gasteiger partial charge in [0.15, 0.2) is 0 Å². The molecule has 0 spiro atoms. The molecule has 1 heterocycles. The Balaban J connectivity index is 1.73. The zero-order valence-electron chi connectivity index (χ0n) is 18.6. The molecule has 1 aliphatic heterocycles. The molecule has 1 aromatic rings. The van der Waals surface area contributed by atoms with Crippen LogP contribution in [0, 0.1) is 0 Å². The molecule has 2 aliphatic rings. The van der Waals surface area contributed by atoms with E-state index in [-0.39, 0.29) is 11.3 Å². The molecule has 1 atom stereocenters. The van der Waals surface area contributed by atoms with Crippen molar-refractivity contribution in [1.29, 1.82) is 0 Å². The summed E-state index contributed by atoms with van der Waals surface area (Å²) in [5.41, 5.74) is 2.41. The number of likely N-dealkylation sites (N-methyl/N-ethyl adjacent to an activating group) is 1. The zero-order chi connectivity index (χ0) is 21.6. The van der Waals surface area contributed by atoms with Gasteiger partial charge in [0.2, 0.25) is 15.9 Å². The van der Waals surface area contributed by atoms with Gasteiger partial charge in [0.1, 0.15) is 6.04 Å². The number of carbonyl (C=O) groups excluding carboxylic acids is 1. The summed E-state index contributed by atoms with van der Waals surface area (Å²) in [6, 6.07) is 8.76. The van der Waals surface area contributed by atoms with Gasteiger partial charge in [0.05, 0.1) is 6.26 Å². The minimum atomic E-state index is -3.39. The molecular formula is C22H35N3O3S. The number of nitrogens with zero attached hydrogens (tertiary/aromatic N) is 3. The quantitative estimate of drug-likeness (QED) is 0.648. The zero-order valence-corrected chi connectivity index (χ0v) is 19.4. The standard InChI is InChI=1S/C22H35N3O3S/c1-16(2)25(17(3)4)15-22(12-13-22)18-7-9-19(10-8-18)24-14-11-20(21(24)26)23(5)29(6,27)28/h7-10,16-17,20H,11-15H2,1-6H3. The minimum Gasteiger partial charge on any atom is -0.311 e. The number of hydrogen-bond donors (Lipinski definition) is 0. The van der Waals surface area contributed by atoms with Gasteiger partial charge in [-0.3, -0.25) is 9.69 Å². The van der Waals surface area contributed by atoms with Crippen molar-refractivity contribution in [1.82, 2.24) is 9.21 Å².